The van der Waals surface area contributed by atoms with E-state index in [1.807, 2.05) is 12.1 Å². The van der Waals surface area contributed by atoms with Crippen molar-refractivity contribution in [3.63, 3.8) is 0 Å². The van der Waals surface area contributed by atoms with Crippen molar-refractivity contribution in [3.05, 3.63) is 53.5 Å². The Morgan fingerprint density at radius 2 is 1.95 bits per heavy atom. The molecule has 0 unspecified atom stereocenters. The monoisotopic (exact) mass is 322 g/mol. The Labute approximate surface area is 137 Å². The zero-order valence-electron chi connectivity index (χ0n) is 13.0. The predicted molar refractivity (Wildman–Crippen MR) is 91.6 cm³/mol. The number of aryl methyl sites for hydroxylation is 1. The number of hydrogen-bond acceptors (Lipinski definition) is 3. The molecule has 0 atom stereocenters. The summed E-state index contributed by atoms with van der Waals surface area (Å²) in [6, 6.07) is 9.80. The average Bonchev–Trinajstić information content (AvgIpc) is 3.01. The van der Waals surface area contributed by atoms with Gasteiger partial charge in [-0.25, -0.2) is 0 Å². The molecule has 1 aromatic heterocycles. The third-order valence-corrected chi connectivity index (χ3v) is 3.55. The lowest BCUT2D eigenvalue weighted by Gasteiger charge is -2.16. The molecule has 0 bridgehead atoms. The molecular weight excluding hydrogens is 300 g/mol. The lowest BCUT2D eigenvalue weighted by molar-refractivity contribution is 0.0992. The van der Waals surface area contributed by atoms with Gasteiger partial charge in [-0.15, -0.1) is 12.4 Å². The molecule has 0 spiro atoms. The lowest BCUT2D eigenvalue weighted by Crippen LogP contribution is -2.25. The van der Waals surface area contributed by atoms with E-state index in [0.717, 1.165) is 12.1 Å². The Bertz CT molecular complexity index is 593. The Balaban J connectivity index is 0.00000242. The minimum absolute atomic E-state index is 0. The van der Waals surface area contributed by atoms with E-state index >= 15 is 0 Å². The molecule has 0 aliphatic carbocycles. The zero-order chi connectivity index (χ0) is 15.2. The molecule has 120 valence electrons. The van der Waals surface area contributed by atoms with Gasteiger partial charge >= 0.3 is 0 Å². The van der Waals surface area contributed by atoms with Crippen LogP contribution in [0.3, 0.4) is 0 Å². The van der Waals surface area contributed by atoms with Crippen molar-refractivity contribution in [1.29, 1.82) is 0 Å². The number of hydrogen-bond donors (Lipinski definition) is 1. The Hall–Kier alpha value is -1.78. The van der Waals surface area contributed by atoms with Gasteiger partial charge in [-0.1, -0.05) is 25.5 Å². The molecule has 5 heteroatoms. The van der Waals surface area contributed by atoms with E-state index in [0.29, 0.717) is 17.9 Å². The van der Waals surface area contributed by atoms with Crippen LogP contribution in [-0.4, -0.2) is 13.0 Å². The fourth-order valence-corrected chi connectivity index (χ4v) is 2.18. The number of carbonyl (C=O) groups excluding carboxylic acids is 1. The van der Waals surface area contributed by atoms with Gasteiger partial charge in [0.1, 0.15) is 12.0 Å². The van der Waals surface area contributed by atoms with Gasteiger partial charge in [-0.05, 0) is 36.6 Å². The number of furan rings is 1. The van der Waals surface area contributed by atoms with Crippen molar-refractivity contribution in [2.45, 2.75) is 32.7 Å². The summed E-state index contributed by atoms with van der Waals surface area (Å²) in [5.41, 5.74) is 8.18. The largest absolute Gasteiger partial charge is 0.467 e. The number of amides is 1. The van der Waals surface area contributed by atoms with E-state index < -0.39 is 0 Å². The summed E-state index contributed by atoms with van der Waals surface area (Å²) in [6.07, 6.45) is 4.90. The second-order valence-electron chi connectivity index (χ2n) is 5.14. The summed E-state index contributed by atoms with van der Waals surface area (Å²) in [6.45, 7) is 2.48. The fraction of sp³-hybridized carbons (Fsp3) is 0.353. The maximum atomic E-state index is 12.4. The first-order valence-corrected chi connectivity index (χ1v) is 7.30. The molecule has 2 N–H and O–H groups in total. The van der Waals surface area contributed by atoms with Gasteiger partial charge in [0.2, 0.25) is 0 Å². The molecule has 0 aliphatic rings. The molecule has 0 saturated heterocycles. The van der Waals surface area contributed by atoms with E-state index in [1.165, 1.54) is 24.7 Å². The highest BCUT2D eigenvalue weighted by Gasteiger charge is 2.15. The minimum atomic E-state index is -0.0974. The Morgan fingerprint density at radius 1 is 1.27 bits per heavy atom. The van der Waals surface area contributed by atoms with E-state index in [2.05, 4.69) is 19.1 Å². The van der Waals surface area contributed by atoms with E-state index in [1.54, 1.807) is 18.0 Å². The van der Waals surface area contributed by atoms with Gasteiger partial charge in [0.25, 0.3) is 5.91 Å². The van der Waals surface area contributed by atoms with Gasteiger partial charge < -0.3 is 15.1 Å². The highest BCUT2D eigenvalue weighted by molar-refractivity contribution is 6.05. The normalized spacial score (nSPS) is 10.1. The standard InChI is InChI=1S/C17H22N2O2.ClH/c1-3-4-5-13-6-8-15(9-7-13)19(2)17(20)14-10-16(11-18)21-12-14;/h6-10,12H,3-5,11,18H2,1-2H3;1H. The first kappa shape index (κ1) is 18.3. The lowest BCUT2D eigenvalue weighted by atomic mass is 10.1. The van der Waals surface area contributed by atoms with Crippen LogP contribution in [0.2, 0.25) is 0 Å². The highest BCUT2D eigenvalue weighted by Crippen LogP contribution is 2.18. The number of anilines is 1. The molecule has 2 aromatic rings. The van der Waals surface area contributed by atoms with E-state index in [4.69, 9.17) is 10.2 Å². The second-order valence-corrected chi connectivity index (χ2v) is 5.14. The van der Waals surface area contributed by atoms with Crippen LogP contribution >= 0.6 is 12.4 Å². The molecule has 0 radical (unpaired) electrons. The van der Waals surface area contributed by atoms with Crippen molar-refractivity contribution in [2.24, 2.45) is 5.73 Å². The minimum Gasteiger partial charge on any atom is -0.467 e. The summed E-state index contributed by atoms with van der Waals surface area (Å²) in [5.74, 6) is 0.515. The summed E-state index contributed by atoms with van der Waals surface area (Å²) in [5, 5.41) is 0. The summed E-state index contributed by atoms with van der Waals surface area (Å²) in [7, 11) is 1.76. The molecule has 0 saturated carbocycles. The molecule has 1 amide bonds. The van der Waals surface area contributed by atoms with Gasteiger partial charge in [-0.2, -0.15) is 0 Å². The van der Waals surface area contributed by atoms with Gasteiger partial charge in [0.15, 0.2) is 0 Å². The van der Waals surface area contributed by atoms with Crippen molar-refractivity contribution in [1.82, 2.24) is 0 Å². The number of benzene rings is 1. The Morgan fingerprint density at radius 3 is 2.50 bits per heavy atom. The summed E-state index contributed by atoms with van der Waals surface area (Å²) in [4.78, 5) is 14.0. The first-order chi connectivity index (χ1) is 10.2. The SMILES string of the molecule is CCCCc1ccc(N(C)C(=O)c2coc(CN)c2)cc1.Cl. The number of rotatable bonds is 6. The van der Waals surface area contributed by atoms with Crippen LogP contribution in [-0.2, 0) is 13.0 Å². The second kappa shape index (κ2) is 8.61. The van der Waals surface area contributed by atoms with Crippen molar-refractivity contribution < 1.29 is 9.21 Å². The predicted octanol–water partition coefficient (Wildman–Crippen LogP) is 3.78. The topological polar surface area (TPSA) is 59.5 Å². The van der Waals surface area contributed by atoms with E-state index in [-0.39, 0.29) is 18.3 Å². The van der Waals surface area contributed by atoms with Crippen LogP contribution in [0.5, 0.6) is 0 Å². The van der Waals surface area contributed by atoms with Crippen LogP contribution in [0.4, 0.5) is 5.69 Å². The van der Waals surface area contributed by atoms with Gasteiger partial charge in [0, 0.05) is 12.7 Å². The van der Waals surface area contributed by atoms with E-state index in [9.17, 15) is 4.79 Å². The zero-order valence-corrected chi connectivity index (χ0v) is 13.9. The Kier molecular flexibility index (Phi) is 7.15. The van der Waals surface area contributed by atoms with Crippen LogP contribution in [0.1, 0.15) is 41.4 Å². The first-order valence-electron chi connectivity index (χ1n) is 7.30. The highest BCUT2D eigenvalue weighted by atomic mass is 35.5. The van der Waals surface area contributed by atoms with Crippen molar-refractivity contribution in [2.75, 3.05) is 11.9 Å². The number of unbranched alkanes of at least 4 members (excludes halogenated alkanes) is 1. The van der Waals surface area contributed by atoms with Crippen molar-refractivity contribution in [3.8, 4) is 0 Å². The molecular formula is C17H23ClN2O2. The van der Waals surface area contributed by atoms with Crippen LogP contribution in [0.25, 0.3) is 0 Å². The number of halogens is 1. The van der Waals surface area contributed by atoms with Crippen molar-refractivity contribution >= 4 is 24.0 Å². The number of nitrogens with zero attached hydrogens (tertiary/aromatic N) is 1. The third kappa shape index (κ3) is 4.36. The average molecular weight is 323 g/mol. The molecule has 0 fully saturated rings. The molecule has 1 aromatic carbocycles. The molecule has 22 heavy (non-hydrogen) atoms. The number of carbonyl (C=O) groups is 1. The third-order valence-electron chi connectivity index (χ3n) is 3.55. The van der Waals surface area contributed by atoms with Crippen LogP contribution in [0, 0.1) is 0 Å². The summed E-state index contributed by atoms with van der Waals surface area (Å²) >= 11 is 0. The quantitative estimate of drug-likeness (QED) is 0.880. The van der Waals surface area contributed by atoms with Crippen LogP contribution < -0.4 is 10.6 Å². The maximum Gasteiger partial charge on any atom is 0.261 e. The van der Waals surface area contributed by atoms with Gasteiger partial charge in [0.05, 0.1) is 12.1 Å². The van der Waals surface area contributed by atoms with Crippen LogP contribution in [0.15, 0.2) is 41.0 Å². The molecule has 1 heterocycles. The fourth-order valence-electron chi connectivity index (χ4n) is 2.18. The molecule has 0 aliphatic heterocycles. The molecule has 4 nitrogen and oxygen atoms in total. The molecule has 2 rings (SSSR count). The maximum absolute atomic E-state index is 12.4. The smallest absolute Gasteiger partial charge is 0.261 e. The summed E-state index contributed by atoms with van der Waals surface area (Å²) < 4.78 is 5.21. The van der Waals surface area contributed by atoms with Gasteiger partial charge in [-0.3, -0.25) is 4.79 Å². The number of nitrogens with two attached hydrogens (primary N) is 1.